The van der Waals surface area contributed by atoms with Gasteiger partial charge >= 0.3 is 5.97 Å². The third-order valence-corrected chi connectivity index (χ3v) is 7.08. The number of hydrogen-bond acceptors (Lipinski definition) is 10. The first-order valence-electron chi connectivity index (χ1n) is 12.9. The highest BCUT2D eigenvalue weighted by Gasteiger charge is 2.38. The van der Waals surface area contributed by atoms with Crippen molar-refractivity contribution in [3.8, 4) is 5.69 Å². The third kappa shape index (κ3) is 4.86. The number of nitrogens with one attached hydrogen (secondary N) is 2. The summed E-state index contributed by atoms with van der Waals surface area (Å²) in [4.78, 5) is 41.9. The molecule has 2 aliphatic rings. The Kier molecular flexibility index (Phi) is 6.53. The number of carbonyl (C=O) groups is 2. The van der Waals surface area contributed by atoms with Crippen LogP contribution in [0.3, 0.4) is 0 Å². The summed E-state index contributed by atoms with van der Waals surface area (Å²) in [6, 6.07) is 10.2. The van der Waals surface area contributed by atoms with Gasteiger partial charge in [0.25, 0.3) is 5.91 Å². The molecule has 2 fully saturated rings. The lowest BCUT2D eigenvalue weighted by molar-refractivity contribution is -0.143. The Labute approximate surface area is 225 Å². The summed E-state index contributed by atoms with van der Waals surface area (Å²) in [5, 5.41) is 12.4. The molecule has 0 aliphatic carbocycles. The summed E-state index contributed by atoms with van der Waals surface area (Å²) in [5.74, 6) is 1.28. The summed E-state index contributed by atoms with van der Waals surface area (Å²) in [6.45, 7) is 3.74. The van der Waals surface area contributed by atoms with Crippen LogP contribution in [0.15, 0.2) is 55.1 Å². The van der Waals surface area contributed by atoms with Gasteiger partial charge in [-0.15, -0.1) is 5.10 Å². The molecule has 3 aromatic heterocycles. The van der Waals surface area contributed by atoms with E-state index >= 15 is 0 Å². The highest BCUT2D eigenvalue weighted by molar-refractivity contribution is 6.01. The highest BCUT2D eigenvalue weighted by atomic mass is 16.5. The molecular formula is C27H29N9O3. The van der Waals surface area contributed by atoms with Crippen molar-refractivity contribution in [2.75, 3.05) is 43.5 Å². The molecule has 4 aromatic rings. The Bertz CT molecular complexity index is 1520. The van der Waals surface area contributed by atoms with Crippen molar-refractivity contribution in [1.29, 1.82) is 0 Å². The van der Waals surface area contributed by atoms with Gasteiger partial charge in [-0.05, 0) is 37.6 Å². The summed E-state index contributed by atoms with van der Waals surface area (Å²) >= 11 is 0. The summed E-state index contributed by atoms with van der Waals surface area (Å²) in [5.41, 5.74) is 1.97. The van der Waals surface area contributed by atoms with Crippen LogP contribution in [0, 0.1) is 0 Å². The molecule has 200 valence electrons. The number of esters is 1. The van der Waals surface area contributed by atoms with E-state index in [2.05, 4.69) is 30.5 Å². The van der Waals surface area contributed by atoms with Gasteiger partial charge in [0.05, 0.1) is 24.0 Å². The lowest BCUT2D eigenvalue weighted by Crippen LogP contribution is -2.44. The van der Waals surface area contributed by atoms with Crippen LogP contribution in [0.1, 0.15) is 23.7 Å². The molecule has 6 rings (SSSR count). The third-order valence-electron chi connectivity index (χ3n) is 7.08. The lowest BCUT2D eigenvalue weighted by Gasteiger charge is -2.28. The molecular weight excluding hydrogens is 498 g/mol. The van der Waals surface area contributed by atoms with Gasteiger partial charge in [-0.2, -0.15) is 0 Å². The van der Waals surface area contributed by atoms with Crippen LogP contribution in [-0.2, 0) is 9.53 Å². The number of likely N-dealkylation sites (N-methyl/N-ethyl adjacent to an activating group) is 1. The number of nitrogens with zero attached hydrogens (tertiary/aromatic N) is 7. The van der Waals surface area contributed by atoms with Gasteiger partial charge in [-0.3, -0.25) is 14.6 Å². The number of anilines is 3. The first kappa shape index (κ1) is 24.7. The maximum Gasteiger partial charge on any atom is 0.325 e. The van der Waals surface area contributed by atoms with Crippen LogP contribution in [-0.4, -0.2) is 86.9 Å². The highest BCUT2D eigenvalue weighted by Crippen LogP contribution is 2.32. The van der Waals surface area contributed by atoms with E-state index in [1.165, 1.54) is 4.90 Å². The molecule has 2 saturated heterocycles. The summed E-state index contributed by atoms with van der Waals surface area (Å²) < 4.78 is 6.80. The van der Waals surface area contributed by atoms with Crippen LogP contribution < -0.4 is 15.5 Å². The van der Waals surface area contributed by atoms with E-state index in [4.69, 9.17) is 9.84 Å². The first-order valence-corrected chi connectivity index (χ1v) is 12.9. The van der Waals surface area contributed by atoms with E-state index < -0.39 is 5.97 Å². The average molecular weight is 528 g/mol. The molecule has 39 heavy (non-hydrogen) atoms. The van der Waals surface area contributed by atoms with Crippen molar-refractivity contribution in [3.63, 3.8) is 0 Å². The SMILES string of the molecule is CCOC(=O)CN(C)C(=O)c1ccc2c(Nc3cnccn3)nn(-c3ccnc(N4C[C@@H]5C[C@H]4CN5)c3)c2c1. The quantitative estimate of drug-likeness (QED) is 0.329. The van der Waals surface area contributed by atoms with Gasteiger partial charge in [-0.25, -0.2) is 14.6 Å². The Morgan fingerprint density at radius 3 is 2.82 bits per heavy atom. The molecule has 0 saturated carbocycles. The van der Waals surface area contributed by atoms with E-state index in [-0.39, 0.29) is 19.1 Å². The zero-order chi connectivity index (χ0) is 26.9. The topological polar surface area (TPSA) is 130 Å². The second-order valence-corrected chi connectivity index (χ2v) is 9.69. The van der Waals surface area contributed by atoms with Crippen molar-refractivity contribution in [2.45, 2.75) is 25.4 Å². The minimum atomic E-state index is -0.454. The molecule has 2 aliphatic heterocycles. The lowest BCUT2D eigenvalue weighted by atomic mass is 10.1. The minimum Gasteiger partial charge on any atom is -0.465 e. The summed E-state index contributed by atoms with van der Waals surface area (Å²) in [6.07, 6.45) is 7.73. The Morgan fingerprint density at radius 1 is 1.18 bits per heavy atom. The molecule has 0 spiro atoms. The standard InChI is InChI=1S/C27H29N9O3/c1-3-39-25(37)16-34(2)27(38)17-4-5-21-22(10-17)36(33-26(21)32-23-14-28-8-9-29-23)19-6-7-30-24(12-19)35-15-18-11-20(35)13-31-18/h4-10,12,14,18,20,31H,3,11,13,15-16H2,1-2H3,(H,29,32,33)/t18-,20-/m0/s1. The Balaban J connectivity index is 1.39. The van der Waals surface area contributed by atoms with E-state index in [9.17, 15) is 9.59 Å². The maximum atomic E-state index is 13.2. The van der Waals surface area contributed by atoms with Gasteiger partial charge in [0, 0.05) is 67.8 Å². The molecule has 0 radical (unpaired) electrons. The zero-order valence-electron chi connectivity index (χ0n) is 21.7. The smallest absolute Gasteiger partial charge is 0.325 e. The summed E-state index contributed by atoms with van der Waals surface area (Å²) in [7, 11) is 1.58. The van der Waals surface area contributed by atoms with Crippen LogP contribution >= 0.6 is 0 Å². The van der Waals surface area contributed by atoms with Crippen LogP contribution in [0.4, 0.5) is 17.5 Å². The first-order chi connectivity index (χ1) is 19.0. The van der Waals surface area contributed by atoms with Gasteiger partial charge < -0.3 is 25.2 Å². The number of piperazine rings is 1. The van der Waals surface area contributed by atoms with Crippen molar-refractivity contribution in [1.82, 2.24) is 34.9 Å². The van der Waals surface area contributed by atoms with Crippen molar-refractivity contribution in [3.05, 3.63) is 60.7 Å². The molecule has 0 unspecified atom stereocenters. The number of carbonyl (C=O) groups excluding carboxylic acids is 2. The maximum absolute atomic E-state index is 13.2. The Morgan fingerprint density at radius 2 is 2.08 bits per heavy atom. The fourth-order valence-electron chi connectivity index (χ4n) is 5.25. The minimum absolute atomic E-state index is 0.135. The fourth-order valence-corrected chi connectivity index (χ4v) is 5.25. The van der Waals surface area contributed by atoms with E-state index in [0.717, 1.165) is 41.9 Å². The predicted molar refractivity (Wildman–Crippen MR) is 145 cm³/mol. The average Bonchev–Trinajstić information content (AvgIpc) is 3.68. The van der Waals surface area contributed by atoms with Gasteiger partial charge in [0.15, 0.2) is 5.82 Å². The van der Waals surface area contributed by atoms with Crippen LogP contribution in [0.25, 0.3) is 16.6 Å². The molecule has 2 bridgehead atoms. The number of ether oxygens (including phenoxy) is 1. The number of rotatable bonds is 8. The van der Waals surface area contributed by atoms with E-state index in [1.807, 2.05) is 18.2 Å². The number of aromatic nitrogens is 5. The largest absolute Gasteiger partial charge is 0.465 e. The van der Waals surface area contributed by atoms with Gasteiger partial charge in [-0.1, -0.05) is 0 Å². The van der Waals surface area contributed by atoms with Crippen LogP contribution in [0.5, 0.6) is 0 Å². The van der Waals surface area contributed by atoms with E-state index in [0.29, 0.717) is 29.3 Å². The molecule has 1 amide bonds. The molecule has 12 nitrogen and oxygen atoms in total. The monoisotopic (exact) mass is 527 g/mol. The second-order valence-electron chi connectivity index (χ2n) is 9.69. The number of pyridine rings is 1. The zero-order valence-corrected chi connectivity index (χ0v) is 21.7. The second kappa shape index (κ2) is 10.3. The van der Waals surface area contributed by atoms with Gasteiger partial charge in [0.2, 0.25) is 0 Å². The number of benzene rings is 1. The van der Waals surface area contributed by atoms with Crippen LogP contribution in [0.2, 0.25) is 0 Å². The molecule has 12 heteroatoms. The number of hydrogen-bond donors (Lipinski definition) is 2. The molecule has 2 atom stereocenters. The molecule has 5 heterocycles. The Hall–Kier alpha value is -4.58. The van der Waals surface area contributed by atoms with Gasteiger partial charge in [0.1, 0.15) is 18.2 Å². The fraction of sp³-hybridized carbons (Fsp3) is 0.333. The number of amides is 1. The van der Waals surface area contributed by atoms with Crippen molar-refractivity contribution in [2.24, 2.45) is 0 Å². The predicted octanol–water partition coefficient (Wildman–Crippen LogP) is 2.14. The van der Waals surface area contributed by atoms with Crippen molar-refractivity contribution < 1.29 is 14.3 Å². The van der Waals surface area contributed by atoms with Crippen molar-refractivity contribution >= 4 is 40.2 Å². The normalized spacial score (nSPS) is 17.9. The molecule has 2 N–H and O–H groups in total. The number of fused-ring (bicyclic) bond motifs is 3. The molecule has 1 aromatic carbocycles. The van der Waals surface area contributed by atoms with E-state index in [1.54, 1.807) is 55.6 Å².